The van der Waals surface area contributed by atoms with Crippen LogP contribution in [0.15, 0.2) is 29.8 Å². The highest BCUT2D eigenvalue weighted by Gasteiger charge is 2.11. The van der Waals surface area contributed by atoms with Crippen molar-refractivity contribution in [3.63, 3.8) is 0 Å². The maximum absolute atomic E-state index is 10.8. The second-order valence-electron chi connectivity index (χ2n) is 3.32. The first-order valence-electron chi connectivity index (χ1n) is 4.82. The van der Waals surface area contributed by atoms with Gasteiger partial charge in [-0.15, -0.1) is 0 Å². The minimum Gasteiger partial charge on any atom is -0.497 e. The molecule has 0 aliphatic carbocycles. The van der Waals surface area contributed by atoms with Crippen molar-refractivity contribution in [2.75, 3.05) is 7.11 Å². The molecule has 2 N–H and O–H groups in total. The first-order valence-corrected chi connectivity index (χ1v) is 4.82. The van der Waals surface area contributed by atoms with E-state index in [-0.39, 0.29) is 5.57 Å². The molecule has 1 aromatic rings. The van der Waals surface area contributed by atoms with Gasteiger partial charge in [-0.05, 0) is 23.8 Å². The van der Waals surface area contributed by atoms with Crippen molar-refractivity contribution in [2.45, 2.75) is 6.42 Å². The minimum atomic E-state index is -1.24. The Morgan fingerprint density at radius 2 is 2.06 bits per heavy atom. The Balaban J connectivity index is 3.03. The number of methoxy groups -OCH3 is 1. The predicted molar refractivity (Wildman–Crippen MR) is 60.9 cm³/mol. The van der Waals surface area contributed by atoms with Gasteiger partial charge >= 0.3 is 11.9 Å². The minimum absolute atomic E-state index is 0.175. The zero-order chi connectivity index (χ0) is 12.8. The third kappa shape index (κ3) is 3.98. The highest BCUT2D eigenvalue weighted by molar-refractivity contribution is 5.96. The molecule has 0 aromatic heterocycles. The second kappa shape index (κ2) is 5.69. The fraction of sp³-hybridized carbons (Fsp3) is 0.167. The highest BCUT2D eigenvalue weighted by Crippen LogP contribution is 2.16. The summed E-state index contributed by atoms with van der Waals surface area (Å²) in [4.78, 5) is 21.3. The van der Waals surface area contributed by atoms with E-state index in [1.165, 1.54) is 13.2 Å². The van der Waals surface area contributed by atoms with E-state index in [2.05, 4.69) is 0 Å². The Labute approximate surface area is 98.0 Å². The molecule has 0 spiro atoms. The number of hydrogen-bond acceptors (Lipinski definition) is 3. The van der Waals surface area contributed by atoms with Gasteiger partial charge in [-0.2, -0.15) is 0 Å². The van der Waals surface area contributed by atoms with Gasteiger partial charge in [0.2, 0.25) is 0 Å². The molecule has 0 aliphatic heterocycles. The fourth-order valence-electron chi connectivity index (χ4n) is 1.28. The average molecular weight is 236 g/mol. The average Bonchev–Trinajstić information content (AvgIpc) is 2.27. The SMILES string of the molecule is COc1cccc(C=C(CC(=O)O)C(=O)O)c1. The lowest BCUT2D eigenvalue weighted by atomic mass is 10.1. The second-order valence-corrected chi connectivity index (χ2v) is 3.32. The normalized spacial score (nSPS) is 11.0. The molecule has 0 fully saturated rings. The molecule has 0 radical (unpaired) electrons. The summed E-state index contributed by atoms with van der Waals surface area (Å²) in [6.45, 7) is 0. The molecular formula is C12H12O5. The van der Waals surface area contributed by atoms with E-state index in [0.29, 0.717) is 11.3 Å². The molecule has 90 valence electrons. The van der Waals surface area contributed by atoms with Gasteiger partial charge in [-0.1, -0.05) is 12.1 Å². The lowest BCUT2D eigenvalue weighted by Crippen LogP contribution is -2.06. The van der Waals surface area contributed by atoms with Crippen molar-refractivity contribution in [2.24, 2.45) is 0 Å². The van der Waals surface area contributed by atoms with Crippen LogP contribution < -0.4 is 4.74 Å². The maximum Gasteiger partial charge on any atom is 0.332 e. The van der Waals surface area contributed by atoms with Crippen LogP contribution in [0, 0.1) is 0 Å². The number of aliphatic carboxylic acids is 2. The van der Waals surface area contributed by atoms with Crippen LogP contribution in [0.4, 0.5) is 0 Å². The van der Waals surface area contributed by atoms with Crippen molar-refractivity contribution >= 4 is 18.0 Å². The number of benzene rings is 1. The smallest absolute Gasteiger partial charge is 0.332 e. The molecular weight excluding hydrogens is 224 g/mol. The van der Waals surface area contributed by atoms with Crippen molar-refractivity contribution in [3.8, 4) is 5.75 Å². The molecule has 0 atom stereocenters. The zero-order valence-corrected chi connectivity index (χ0v) is 9.21. The Kier molecular flexibility index (Phi) is 4.28. The Hall–Kier alpha value is -2.30. The highest BCUT2D eigenvalue weighted by atomic mass is 16.5. The van der Waals surface area contributed by atoms with E-state index < -0.39 is 18.4 Å². The molecule has 5 nitrogen and oxygen atoms in total. The maximum atomic E-state index is 10.8. The predicted octanol–water partition coefficient (Wildman–Crippen LogP) is 1.64. The number of rotatable bonds is 5. The van der Waals surface area contributed by atoms with Crippen LogP contribution in [-0.4, -0.2) is 29.3 Å². The van der Waals surface area contributed by atoms with Crippen LogP contribution in [0.25, 0.3) is 6.08 Å². The van der Waals surface area contributed by atoms with E-state index >= 15 is 0 Å². The third-order valence-corrected chi connectivity index (χ3v) is 2.05. The summed E-state index contributed by atoms with van der Waals surface area (Å²) in [6, 6.07) is 6.72. The molecule has 0 saturated carbocycles. The third-order valence-electron chi connectivity index (χ3n) is 2.05. The number of carbonyl (C=O) groups is 2. The topological polar surface area (TPSA) is 83.8 Å². The molecule has 0 heterocycles. The molecule has 0 bridgehead atoms. The van der Waals surface area contributed by atoms with Gasteiger partial charge in [0.15, 0.2) is 0 Å². The molecule has 5 heteroatoms. The fourth-order valence-corrected chi connectivity index (χ4v) is 1.28. The Bertz CT molecular complexity index is 462. The van der Waals surface area contributed by atoms with Crippen LogP contribution in [-0.2, 0) is 9.59 Å². The zero-order valence-electron chi connectivity index (χ0n) is 9.21. The molecule has 17 heavy (non-hydrogen) atoms. The molecule has 0 unspecified atom stereocenters. The van der Waals surface area contributed by atoms with Gasteiger partial charge in [0.1, 0.15) is 5.75 Å². The van der Waals surface area contributed by atoms with Gasteiger partial charge in [0, 0.05) is 5.57 Å². The molecule has 1 aromatic carbocycles. The van der Waals surface area contributed by atoms with Crippen molar-refractivity contribution < 1.29 is 24.5 Å². The first-order chi connectivity index (χ1) is 8.02. The summed E-state index contributed by atoms with van der Waals surface area (Å²) in [6.07, 6.45) is 0.797. The summed E-state index contributed by atoms with van der Waals surface area (Å²) >= 11 is 0. The van der Waals surface area contributed by atoms with E-state index in [9.17, 15) is 9.59 Å². The van der Waals surface area contributed by atoms with Gasteiger partial charge in [0.25, 0.3) is 0 Å². The molecule has 0 amide bonds. The Morgan fingerprint density at radius 1 is 1.35 bits per heavy atom. The van der Waals surface area contributed by atoms with E-state index in [1.54, 1.807) is 24.3 Å². The first kappa shape index (κ1) is 12.8. The van der Waals surface area contributed by atoms with Crippen molar-refractivity contribution in [3.05, 3.63) is 35.4 Å². The monoisotopic (exact) mass is 236 g/mol. The van der Waals surface area contributed by atoms with Gasteiger partial charge in [0.05, 0.1) is 13.5 Å². The van der Waals surface area contributed by atoms with Crippen molar-refractivity contribution in [1.82, 2.24) is 0 Å². The molecule has 0 saturated heterocycles. The lowest BCUT2D eigenvalue weighted by Gasteiger charge is -2.02. The number of ether oxygens (including phenoxy) is 1. The standard InChI is InChI=1S/C12H12O5/c1-17-10-4-2-3-8(6-10)5-9(12(15)16)7-11(13)14/h2-6H,7H2,1H3,(H,13,14)(H,15,16). The summed E-state index contributed by atoms with van der Waals surface area (Å²) < 4.78 is 4.98. The van der Waals surface area contributed by atoms with Crippen LogP contribution in [0.2, 0.25) is 0 Å². The summed E-state index contributed by atoms with van der Waals surface area (Å²) in [5.74, 6) is -1.84. The number of carboxylic acids is 2. The van der Waals surface area contributed by atoms with Crippen LogP contribution in [0.5, 0.6) is 5.75 Å². The van der Waals surface area contributed by atoms with Gasteiger partial charge in [-0.3, -0.25) is 4.79 Å². The van der Waals surface area contributed by atoms with Crippen LogP contribution in [0.3, 0.4) is 0 Å². The van der Waals surface area contributed by atoms with E-state index in [4.69, 9.17) is 14.9 Å². The van der Waals surface area contributed by atoms with Gasteiger partial charge in [-0.25, -0.2) is 4.79 Å². The summed E-state index contributed by atoms with van der Waals surface area (Å²) in [5, 5.41) is 17.4. The molecule has 0 aliphatic rings. The largest absolute Gasteiger partial charge is 0.497 e. The van der Waals surface area contributed by atoms with E-state index in [1.807, 2.05) is 0 Å². The van der Waals surface area contributed by atoms with Crippen LogP contribution >= 0.6 is 0 Å². The van der Waals surface area contributed by atoms with Gasteiger partial charge < -0.3 is 14.9 Å². The van der Waals surface area contributed by atoms with Crippen LogP contribution in [0.1, 0.15) is 12.0 Å². The quantitative estimate of drug-likeness (QED) is 0.759. The Morgan fingerprint density at radius 3 is 2.59 bits per heavy atom. The number of hydrogen-bond donors (Lipinski definition) is 2. The van der Waals surface area contributed by atoms with Crippen molar-refractivity contribution in [1.29, 1.82) is 0 Å². The number of carboxylic acid groups (broad SMARTS) is 2. The summed E-state index contributed by atoms with van der Waals surface area (Å²) in [7, 11) is 1.50. The molecule has 1 rings (SSSR count). The van der Waals surface area contributed by atoms with E-state index in [0.717, 1.165) is 0 Å². The summed E-state index contributed by atoms with van der Waals surface area (Å²) in [5.41, 5.74) is 0.411. The lowest BCUT2D eigenvalue weighted by molar-refractivity contribution is -0.139.